The van der Waals surface area contributed by atoms with Crippen molar-refractivity contribution < 1.29 is 9.53 Å². The van der Waals surface area contributed by atoms with Gasteiger partial charge in [-0.05, 0) is 67.8 Å². The topological polar surface area (TPSA) is 56.1 Å². The maximum Gasteiger partial charge on any atom is 0.252 e. The van der Waals surface area contributed by atoms with Gasteiger partial charge >= 0.3 is 0 Å². The van der Waals surface area contributed by atoms with E-state index in [1.54, 1.807) is 18.2 Å². The number of nitrogens with one attached hydrogen (secondary N) is 1. The zero-order valence-electron chi connectivity index (χ0n) is 19.1. The minimum absolute atomic E-state index is 0.178. The summed E-state index contributed by atoms with van der Waals surface area (Å²) in [4.78, 5) is 17.3. The largest absolute Gasteiger partial charge is 0.494 e. The summed E-state index contributed by atoms with van der Waals surface area (Å²) in [6, 6.07) is 20.9. The quantitative estimate of drug-likeness (QED) is 0.256. The third kappa shape index (κ3) is 5.91. The molecule has 7 heteroatoms. The Bertz CT molecular complexity index is 1290. The van der Waals surface area contributed by atoms with Crippen LogP contribution in [0.15, 0.2) is 66.7 Å². The van der Waals surface area contributed by atoms with E-state index in [4.69, 9.17) is 32.9 Å². The average Bonchev–Trinajstić information content (AvgIpc) is 3.18. The number of aromatic nitrogens is 2. The van der Waals surface area contributed by atoms with Gasteiger partial charge in [0.25, 0.3) is 5.91 Å². The Morgan fingerprint density at radius 2 is 1.79 bits per heavy atom. The Kier molecular flexibility index (Phi) is 8.09. The second-order valence-corrected chi connectivity index (χ2v) is 8.94. The van der Waals surface area contributed by atoms with E-state index in [1.807, 2.05) is 49.4 Å². The predicted molar refractivity (Wildman–Crippen MR) is 138 cm³/mol. The first-order valence-corrected chi connectivity index (χ1v) is 12.1. The van der Waals surface area contributed by atoms with Crippen LogP contribution in [0.5, 0.6) is 5.75 Å². The van der Waals surface area contributed by atoms with Crippen molar-refractivity contribution in [1.82, 2.24) is 14.9 Å². The molecule has 4 rings (SSSR count). The smallest absolute Gasteiger partial charge is 0.252 e. The molecule has 0 atom stereocenters. The van der Waals surface area contributed by atoms with E-state index in [0.717, 1.165) is 52.6 Å². The summed E-state index contributed by atoms with van der Waals surface area (Å²) in [6.07, 6.45) is 2.49. The van der Waals surface area contributed by atoms with Crippen molar-refractivity contribution in [3.05, 3.63) is 93.7 Å². The molecule has 5 nitrogen and oxygen atoms in total. The summed E-state index contributed by atoms with van der Waals surface area (Å²) in [5.74, 6) is 1.61. The number of imidazole rings is 1. The molecule has 4 aromatic rings. The van der Waals surface area contributed by atoms with Gasteiger partial charge in [-0.3, -0.25) is 4.79 Å². The zero-order valence-corrected chi connectivity index (χ0v) is 20.6. The molecule has 0 aliphatic rings. The Morgan fingerprint density at radius 3 is 2.62 bits per heavy atom. The minimum Gasteiger partial charge on any atom is -0.494 e. The fourth-order valence-electron chi connectivity index (χ4n) is 3.86. The summed E-state index contributed by atoms with van der Waals surface area (Å²) in [6.45, 7) is 3.92. The van der Waals surface area contributed by atoms with Crippen LogP contribution in [-0.2, 0) is 13.0 Å². The number of benzene rings is 3. The molecular weight excluding hydrogens is 469 g/mol. The highest BCUT2D eigenvalue weighted by Crippen LogP contribution is 2.22. The highest BCUT2D eigenvalue weighted by atomic mass is 35.5. The summed E-state index contributed by atoms with van der Waals surface area (Å²) >= 11 is 12.2. The maximum atomic E-state index is 12.5. The number of hydrogen-bond donors (Lipinski definition) is 1. The van der Waals surface area contributed by atoms with Crippen molar-refractivity contribution in [3.8, 4) is 5.75 Å². The zero-order chi connectivity index (χ0) is 23.9. The lowest BCUT2D eigenvalue weighted by Crippen LogP contribution is -2.26. The lowest BCUT2D eigenvalue weighted by atomic mass is 10.2. The lowest BCUT2D eigenvalue weighted by Gasteiger charge is -2.11. The number of carbonyl (C=O) groups excluding carboxylic acids is 1. The van der Waals surface area contributed by atoms with Crippen LogP contribution >= 0.6 is 23.2 Å². The fraction of sp³-hybridized carbons (Fsp3) is 0.259. The molecule has 3 aromatic carbocycles. The van der Waals surface area contributed by atoms with Gasteiger partial charge in [0.1, 0.15) is 11.6 Å². The SMILES string of the molecule is Cc1cc(OCCCCn2c(CCNC(=O)c3ccccc3Cl)nc3ccccc32)ccc1Cl. The van der Waals surface area contributed by atoms with E-state index in [-0.39, 0.29) is 5.91 Å². The predicted octanol–water partition coefficient (Wildman–Crippen LogP) is 6.48. The first-order valence-electron chi connectivity index (χ1n) is 11.4. The van der Waals surface area contributed by atoms with Crippen molar-refractivity contribution in [2.45, 2.75) is 32.7 Å². The number of para-hydroxylation sites is 2. The van der Waals surface area contributed by atoms with Crippen molar-refractivity contribution in [3.63, 3.8) is 0 Å². The average molecular weight is 496 g/mol. The van der Waals surface area contributed by atoms with E-state index in [0.29, 0.717) is 30.2 Å². The van der Waals surface area contributed by atoms with Crippen molar-refractivity contribution in [2.24, 2.45) is 0 Å². The molecule has 0 spiro atoms. The number of unbranched alkanes of at least 4 members (excludes halogenated alkanes) is 1. The van der Waals surface area contributed by atoms with Crippen molar-refractivity contribution in [1.29, 1.82) is 0 Å². The number of ether oxygens (including phenoxy) is 1. The van der Waals surface area contributed by atoms with Crippen LogP contribution in [0.2, 0.25) is 10.0 Å². The Balaban J connectivity index is 1.34. The summed E-state index contributed by atoms with van der Waals surface area (Å²) in [7, 11) is 0. The molecule has 0 saturated heterocycles. The summed E-state index contributed by atoms with van der Waals surface area (Å²) < 4.78 is 8.12. The molecule has 0 saturated carbocycles. The van der Waals surface area contributed by atoms with E-state index in [1.165, 1.54) is 0 Å². The molecule has 34 heavy (non-hydrogen) atoms. The molecule has 1 heterocycles. The van der Waals surface area contributed by atoms with E-state index in [9.17, 15) is 4.79 Å². The van der Waals surface area contributed by atoms with Gasteiger partial charge in [0.15, 0.2) is 0 Å². The van der Waals surface area contributed by atoms with Gasteiger partial charge in [-0.2, -0.15) is 0 Å². The van der Waals surface area contributed by atoms with Gasteiger partial charge in [-0.25, -0.2) is 4.98 Å². The molecule has 0 unspecified atom stereocenters. The van der Waals surface area contributed by atoms with E-state index >= 15 is 0 Å². The van der Waals surface area contributed by atoms with Gasteiger partial charge in [-0.1, -0.05) is 47.5 Å². The van der Waals surface area contributed by atoms with Crippen LogP contribution in [0.25, 0.3) is 11.0 Å². The monoisotopic (exact) mass is 495 g/mol. The van der Waals surface area contributed by atoms with Crippen LogP contribution in [0.3, 0.4) is 0 Å². The number of carbonyl (C=O) groups is 1. The fourth-order valence-corrected chi connectivity index (χ4v) is 4.20. The molecule has 1 aromatic heterocycles. The van der Waals surface area contributed by atoms with Crippen LogP contribution in [0.1, 0.15) is 34.6 Å². The second kappa shape index (κ2) is 11.4. The lowest BCUT2D eigenvalue weighted by molar-refractivity contribution is 0.0954. The Labute approximate surface area is 209 Å². The van der Waals surface area contributed by atoms with Gasteiger partial charge in [0.2, 0.25) is 0 Å². The number of hydrogen-bond acceptors (Lipinski definition) is 3. The van der Waals surface area contributed by atoms with Gasteiger partial charge in [0.05, 0.1) is 28.2 Å². The van der Waals surface area contributed by atoms with Gasteiger partial charge < -0.3 is 14.6 Å². The van der Waals surface area contributed by atoms with Crippen LogP contribution in [-0.4, -0.2) is 28.6 Å². The first-order chi connectivity index (χ1) is 16.5. The number of halogens is 2. The molecule has 0 aliphatic carbocycles. The highest BCUT2D eigenvalue weighted by molar-refractivity contribution is 6.33. The van der Waals surface area contributed by atoms with E-state index in [2.05, 4.69) is 16.0 Å². The van der Waals surface area contributed by atoms with Crippen LogP contribution < -0.4 is 10.1 Å². The van der Waals surface area contributed by atoms with Crippen LogP contribution in [0.4, 0.5) is 0 Å². The highest BCUT2D eigenvalue weighted by Gasteiger charge is 2.12. The number of fused-ring (bicyclic) bond motifs is 1. The van der Waals surface area contributed by atoms with Crippen molar-refractivity contribution >= 4 is 40.1 Å². The number of aryl methyl sites for hydroxylation is 2. The standard InChI is InChI=1S/C27H27Cl2N3O2/c1-19-18-20(12-13-22(19)28)34-17-7-6-16-32-25-11-5-4-10-24(25)31-26(32)14-15-30-27(33)21-8-2-3-9-23(21)29/h2-5,8-13,18H,6-7,14-17H2,1H3,(H,30,33). The molecule has 1 amide bonds. The number of nitrogens with zero attached hydrogens (tertiary/aromatic N) is 2. The second-order valence-electron chi connectivity index (χ2n) is 8.12. The first kappa shape index (κ1) is 24.1. The van der Waals surface area contributed by atoms with Gasteiger partial charge in [0, 0.05) is 24.5 Å². The number of rotatable bonds is 10. The molecule has 0 fully saturated rings. The van der Waals surface area contributed by atoms with E-state index < -0.39 is 0 Å². The Morgan fingerprint density at radius 1 is 1.00 bits per heavy atom. The molecule has 176 valence electrons. The van der Waals surface area contributed by atoms with Crippen molar-refractivity contribution in [2.75, 3.05) is 13.2 Å². The molecule has 1 N–H and O–H groups in total. The normalized spacial score (nSPS) is 11.0. The summed E-state index contributed by atoms with van der Waals surface area (Å²) in [5.41, 5.74) is 3.55. The summed E-state index contributed by atoms with van der Waals surface area (Å²) in [5, 5.41) is 4.15. The molecule has 0 aliphatic heterocycles. The Hall–Kier alpha value is -3.02. The minimum atomic E-state index is -0.178. The molecule has 0 bridgehead atoms. The molecule has 0 radical (unpaired) electrons. The van der Waals surface area contributed by atoms with Crippen LogP contribution in [0, 0.1) is 6.92 Å². The third-order valence-electron chi connectivity index (χ3n) is 5.66. The molecular formula is C27H27Cl2N3O2. The maximum absolute atomic E-state index is 12.5. The third-order valence-corrected chi connectivity index (χ3v) is 6.41. The number of amides is 1. The van der Waals surface area contributed by atoms with Gasteiger partial charge in [-0.15, -0.1) is 0 Å².